The van der Waals surface area contributed by atoms with Crippen LogP contribution in [0.2, 0.25) is 0 Å². The monoisotopic (exact) mass is 346 g/mol. The van der Waals surface area contributed by atoms with Gasteiger partial charge in [0.15, 0.2) is 11.5 Å². The maximum Gasteiger partial charge on any atom is 0.342 e. The van der Waals surface area contributed by atoms with E-state index in [2.05, 4.69) is 13.2 Å². The van der Waals surface area contributed by atoms with Gasteiger partial charge in [-0.05, 0) is 30.7 Å². The number of phenolic OH excluding ortho intramolecular Hbond substituents is 1. The van der Waals surface area contributed by atoms with Crippen LogP contribution in [0.15, 0.2) is 55.2 Å². The molecule has 0 aromatic heterocycles. The first-order chi connectivity index (χ1) is 11.9. The second kappa shape index (κ2) is 9.71. The molecular weight excluding hydrogens is 328 g/mol. The van der Waals surface area contributed by atoms with Crippen molar-refractivity contribution in [3.63, 3.8) is 0 Å². The Hall–Kier alpha value is -3.35. The van der Waals surface area contributed by atoms with Crippen molar-refractivity contribution < 1.29 is 33.7 Å². The molecule has 0 radical (unpaired) electrons. The van der Waals surface area contributed by atoms with Crippen molar-refractivity contribution in [3.8, 4) is 11.5 Å². The molecule has 0 saturated heterocycles. The third-order valence-corrected chi connectivity index (χ3v) is 2.84. The van der Waals surface area contributed by atoms with Gasteiger partial charge in [0.2, 0.25) is 0 Å². The van der Waals surface area contributed by atoms with Crippen molar-refractivity contribution in [1.82, 2.24) is 0 Å². The van der Waals surface area contributed by atoms with Crippen LogP contribution < -0.4 is 4.74 Å². The fourth-order valence-corrected chi connectivity index (χ4v) is 1.56. The molecule has 0 aliphatic carbocycles. The van der Waals surface area contributed by atoms with Crippen LogP contribution >= 0.6 is 0 Å². The summed E-state index contributed by atoms with van der Waals surface area (Å²) < 4.78 is 14.7. The highest BCUT2D eigenvalue weighted by atomic mass is 16.6. The Kier molecular flexibility index (Phi) is 7.65. The van der Waals surface area contributed by atoms with Crippen LogP contribution in [0.1, 0.15) is 5.56 Å². The highest BCUT2D eigenvalue weighted by molar-refractivity contribution is 5.91. The highest BCUT2D eigenvalue weighted by Gasteiger charge is 2.16. The molecule has 0 fully saturated rings. The summed E-state index contributed by atoms with van der Waals surface area (Å²) in [5.74, 6) is -2.55. The van der Waals surface area contributed by atoms with Crippen molar-refractivity contribution >= 4 is 17.9 Å². The van der Waals surface area contributed by atoms with Crippen LogP contribution in [-0.4, -0.2) is 36.2 Å². The number of aryl methyl sites for hydroxylation is 1. The van der Waals surface area contributed by atoms with Crippen LogP contribution in [0.3, 0.4) is 0 Å². The molecule has 25 heavy (non-hydrogen) atoms. The minimum Gasteiger partial charge on any atom is -0.504 e. The fraction of sp³-hybridized carbons (Fsp3) is 0.167. The second-order valence-corrected chi connectivity index (χ2v) is 4.74. The van der Waals surface area contributed by atoms with E-state index in [0.29, 0.717) is 0 Å². The Balaban J connectivity index is 2.89. The van der Waals surface area contributed by atoms with Crippen LogP contribution in [-0.2, 0) is 23.9 Å². The normalized spacial score (nSPS) is 10.5. The van der Waals surface area contributed by atoms with Gasteiger partial charge in [0.25, 0.3) is 0 Å². The summed E-state index contributed by atoms with van der Waals surface area (Å²) in [5, 5.41) is 9.73. The van der Waals surface area contributed by atoms with E-state index in [1.807, 2.05) is 0 Å². The van der Waals surface area contributed by atoms with Gasteiger partial charge in [0.05, 0.1) is 5.57 Å². The van der Waals surface area contributed by atoms with Crippen LogP contribution in [0.25, 0.3) is 0 Å². The zero-order valence-electron chi connectivity index (χ0n) is 13.7. The number of hydrogen-bond donors (Lipinski definition) is 1. The van der Waals surface area contributed by atoms with E-state index in [1.165, 1.54) is 18.2 Å². The first-order valence-corrected chi connectivity index (χ1v) is 7.16. The maximum absolute atomic E-state index is 12.2. The Morgan fingerprint density at radius 3 is 2.40 bits per heavy atom. The molecule has 0 amide bonds. The second-order valence-electron chi connectivity index (χ2n) is 4.74. The van der Waals surface area contributed by atoms with Crippen LogP contribution in [0.5, 0.6) is 11.5 Å². The number of hydrogen-bond acceptors (Lipinski definition) is 7. The van der Waals surface area contributed by atoms with Gasteiger partial charge in [-0.3, -0.25) is 0 Å². The number of carbonyl (C=O) groups is 3. The molecule has 0 bridgehead atoms. The van der Waals surface area contributed by atoms with Crippen molar-refractivity contribution in [3.05, 3.63) is 60.7 Å². The number of aromatic hydroxyl groups is 1. The van der Waals surface area contributed by atoms with E-state index >= 15 is 0 Å². The summed E-state index contributed by atoms with van der Waals surface area (Å²) in [6, 6.07) is 4.49. The van der Waals surface area contributed by atoms with Gasteiger partial charge >= 0.3 is 17.9 Å². The zero-order valence-corrected chi connectivity index (χ0v) is 13.7. The average Bonchev–Trinajstić information content (AvgIpc) is 2.60. The van der Waals surface area contributed by atoms with Crippen LogP contribution in [0, 0.1) is 6.92 Å². The lowest BCUT2D eigenvalue weighted by molar-refractivity contribution is -0.139. The van der Waals surface area contributed by atoms with E-state index in [9.17, 15) is 19.5 Å². The molecule has 1 aromatic carbocycles. The predicted molar refractivity (Wildman–Crippen MR) is 88.9 cm³/mol. The molecule has 0 aliphatic rings. The number of esters is 3. The SMILES string of the molecule is C=CC(=O)OCC=C(COC(=O)C=C)C(=O)Oc1cc(C)ccc1O. The molecule has 132 valence electrons. The molecule has 7 heteroatoms. The van der Waals surface area contributed by atoms with E-state index < -0.39 is 24.5 Å². The minimum atomic E-state index is -0.868. The molecule has 1 aromatic rings. The molecule has 7 nitrogen and oxygen atoms in total. The lowest BCUT2D eigenvalue weighted by Gasteiger charge is -2.10. The maximum atomic E-state index is 12.2. The van der Waals surface area contributed by atoms with Crippen molar-refractivity contribution in [2.45, 2.75) is 6.92 Å². The standard InChI is InChI=1S/C18H18O7/c1-4-16(20)23-9-8-13(11-24-17(21)5-2)18(22)25-15-10-12(3)6-7-14(15)19/h4-8,10,19H,1-2,9,11H2,3H3. The molecular formula is C18H18O7. The summed E-state index contributed by atoms with van der Waals surface area (Å²) in [6.45, 7) is 7.58. The molecule has 0 atom stereocenters. The predicted octanol–water partition coefficient (Wildman–Crippen LogP) is 1.99. The van der Waals surface area contributed by atoms with Gasteiger partial charge in [-0.15, -0.1) is 0 Å². The van der Waals surface area contributed by atoms with E-state index in [-0.39, 0.29) is 23.7 Å². The van der Waals surface area contributed by atoms with Gasteiger partial charge < -0.3 is 19.3 Å². The van der Waals surface area contributed by atoms with E-state index in [4.69, 9.17) is 14.2 Å². The fourth-order valence-electron chi connectivity index (χ4n) is 1.56. The Morgan fingerprint density at radius 2 is 1.76 bits per heavy atom. The first kappa shape index (κ1) is 19.7. The van der Waals surface area contributed by atoms with E-state index in [1.54, 1.807) is 13.0 Å². The molecule has 1 rings (SSSR count). The van der Waals surface area contributed by atoms with Gasteiger partial charge in [0, 0.05) is 12.2 Å². The number of ether oxygens (including phenoxy) is 3. The minimum absolute atomic E-state index is 0.0472. The van der Waals surface area contributed by atoms with Crippen molar-refractivity contribution in [1.29, 1.82) is 0 Å². The smallest absolute Gasteiger partial charge is 0.342 e. The largest absolute Gasteiger partial charge is 0.504 e. The number of rotatable bonds is 8. The number of phenols is 1. The Bertz CT molecular complexity index is 716. The Labute approximate surface area is 144 Å². The van der Waals surface area contributed by atoms with Gasteiger partial charge in [-0.2, -0.15) is 0 Å². The van der Waals surface area contributed by atoms with Crippen molar-refractivity contribution in [2.75, 3.05) is 13.2 Å². The summed E-state index contributed by atoms with van der Waals surface area (Å²) in [7, 11) is 0. The highest BCUT2D eigenvalue weighted by Crippen LogP contribution is 2.27. The van der Waals surface area contributed by atoms with Crippen LogP contribution in [0.4, 0.5) is 0 Å². The van der Waals surface area contributed by atoms with Gasteiger partial charge in [-0.25, -0.2) is 14.4 Å². The molecule has 0 heterocycles. The summed E-state index contributed by atoms with van der Waals surface area (Å²) in [4.78, 5) is 34.4. The lowest BCUT2D eigenvalue weighted by Crippen LogP contribution is -2.18. The third kappa shape index (κ3) is 6.74. The Morgan fingerprint density at radius 1 is 1.12 bits per heavy atom. The van der Waals surface area contributed by atoms with E-state index in [0.717, 1.165) is 17.7 Å². The number of carbonyl (C=O) groups excluding carboxylic acids is 3. The average molecular weight is 346 g/mol. The lowest BCUT2D eigenvalue weighted by atomic mass is 10.2. The molecule has 0 aliphatic heterocycles. The number of benzene rings is 1. The summed E-state index contributed by atoms with van der Waals surface area (Å²) in [5.41, 5.74) is 0.692. The molecule has 0 saturated carbocycles. The molecule has 0 unspecified atom stereocenters. The summed E-state index contributed by atoms with van der Waals surface area (Å²) >= 11 is 0. The molecule has 0 spiro atoms. The molecule has 1 N–H and O–H groups in total. The third-order valence-electron chi connectivity index (χ3n) is 2.84. The quantitative estimate of drug-likeness (QED) is 0.436. The first-order valence-electron chi connectivity index (χ1n) is 7.16. The zero-order chi connectivity index (χ0) is 18.8. The summed E-state index contributed by atoms with van der Waals surface area (Å²) in [6.07, 6.45) is 3.13. The topological polar surface area (TPSA) is 99.1 Å². The van der Waals surface area contributed by atoms with Gasteiger partial charge in [0.1, 0.15) is 13.2 Å². The van der Waals surface area contributed by atoms with Gasteiger partial charge in [-0.1, -0.05) is 19.2 Å². The van der Waals surface area contributed by atoms with Crippen molar-refractivity contribution in [2.24, 2.45) is 0 Å².